The summed E-state index contributed by atoms with van der Waals surface area (Å²) in [6.07, 6.45) is 1.53. The van der Waals surface area contributed by atoms with Crippen molar-refractivity contribution in [1.82, 2.24) is 5.32 Å². The highest BCUT2D eigenvalue weighted by molar-refractivity contribution is 5.77. The minimum Gasteiger partial charge on any atom is -0.371 e. The molecule has 0 aromatic heterocycles. The predicted molar refractivity (Wildman–Crippen MR) is 61.9 cm³/mol. The summed E-state index contributed by atoms with van der Waals surface area (Å²) in [5.41, 5.74) is 1.17. The molecule has 1 aromatic carbocycles. The van der Waals surface area contributed by atoms with Gasteiger partial charge in [-0.1, -0.05) is 30.3 Å². The molecule has 0 spiro atoms. The lowest BCUT2D eigenvalue weighted by Crippen LogP contribution is -2.47. The van der Waals surface area contributed by atoms with Crippen LogP contribution in [0.15, 0.2) is 30.3 Å². The molecule has 1 amide bonds. The molecular formula is C13H17NO2. The molecule has 3 nitrogen and oxygen atoms in total. The number of carbonyl (C=O) groups is 1. The van der Waals surface area contributed by atoms with Crippen LogP contribution in [0.1, 0.15) is 25.3 Å². The maximum atomic E-state index is 11.1. The van der Waals surface area contributed by atoms with Crippen LogP contribution >= 0.6 is 0 Å². The van der Waals surface area contributed by atoms with Crippen molar-refractivity contribution in [3.8, 4) is 0 Å². The van der Waals surface area contributed by atoms with Crippen LogP contribution in [0.4, 0.5) is 0 Å². The molecule has 1 aliphatic rings. The van der Waals surface area contributed by atoms with E-state index in [0.29, 0.717) is 13.0 Å². The first-order chi connectivity index (χ1) is 7.75. The Bertz CT molecular complexity index is 350. The van der Waals surface area contributed by atoms with Crippen LogP contribution in [0.3, 0.4) is 0 Å². The Morgan fingerprint density at radius 2 is 2.12 bits per heavy atom. The van der Waals surface area contributed by atoms with Gasteiger partial charge in [-0.05, 0) is 18.9 Å². The van der Waals surface area contributed by atoms with Crippen LogP contribution in [-0.4, -0.2) is 18.1 Å². The van der Waals surface area contributed by atoms with Crippen LogP contribution in [0, 0.1) is 0 Å². The predicted octanol–water partition coefficient (Wildman–Crippen LogP) is 1.87. The van der Waals surface area contributed by atoms with Gasteiger partial charge in [0, 0.05) is 6.42 Å². The average molecular weight is 219 g/mol. The van der Waals surface area contributed by atoms with E-state index in [-0.39, 0.29) is 18.1 Å². The van der Waals surface area contributed by atoms with Crippen molar-refractivity contribution in [2.45, 2.75) is 38.5 Å². The van der Waals surface area contributed by atoms with Crippen LogP contribution in [0.25, 0.3) is 0 Å². The van der Waals surface area contributed by atoms with Crippen LogP contribution in [0.2, 0.25) is 0 Å². The minimum atomic E-state index is 0.116. The fraction of sp³-hybridized carbons (Fsp3) is 0.462. The van der Waals surface area contributed by atoms with Gasteiger partial charge in [-0.25, -0.2) is 0 Å². The van der Waals surface area contributed by atoms with Gasteiger partial charge in [-0.3, -0.25) is 4.79 Å². The van der Waals surface area contributed by atoms with Gasteiger partial charge in [0.2, 0.25) is 5.91 Å². The molecule has 1 fully saturated rings. The van der Waals surface area contributed by atoms with Gasteiger partial charge < -0.3 is 10.1 Å². The van der Waals surface area contributed by atoms with Gasteiger partial charge >= 0.3 is 0 Å². The molecular weight excluding hydrogens is 202 g/mol. The Labute approximate surface area is 95.8 Å². The lowest BCUT2D eigenvalue weighted by atomic mass is 10.0. The molecule has 1 N–H and O–H groups in total. The second-order valence-electron chi connectivity index (χ2n) is 4.23. The second-order valence-corrected chi connectivity index (χ2v) is 4.23. The number of hydrogen-bond donors (Lipinski definition) is 1. The van der Waals surface area contributed by atoms with Crippen molar-refractivity contribution >= 4 is 5.91 Å². The number of amides is 1. The molecule has 0 aliphatic carbocycles. The number of piperidine rings is 1. The summed E-state index contributed by atoms with van der Waals surface area (Å²) >= 11 is 0. The molecule has 0 unspecified atom stereocenters. The molecule has 1 saturated heterocycles. The Morgan fingerprint density at radius 1 is 1.38 bits per heavy atom. The number of nitrogens with one attached hydrogen (secondary N) is 1. The number of ether oxygens (including phenoxy) is 1. The standard InChI is InChI=1S/C13H17NO2/c1-10-12(7-8-13(15)14-10)16-9-11-5-3-2-4-6-11/h2-6,10,12H,7-9H2,1H3,(H,14,15)/t10-,12+/m1/s1. The zero-order chi connectivity index (χ0) is 11.4. The highest BCUT2D eigenvalue weighted by Crippen LogP contribution is 2.15. The van der Waals surface area contributed by atoms with Gasteiger partial charge in [0.15, 0.2) is 0 Å². The van der Waals surface area contributed by atoms with E-state index in [9.17, 15) is 4.79 Å². The van der Waals surface area contributed by atoms with E-state index in [2.05, 4.69) is 5.32 Å². The average Bonchev–Trinajstić information content (AvgIpc) is 2.29. The molecule has 0 saturated carbocycles. The van der Waals surface area contributed by atoms with Crippen molar-refractivity contribution < 1.29 is 9.53 Å². The van der Waals surface area contributed by atoms with E-state index in [1.54, 1.807) is 0 Å². The molecule has 0 bridgehead atoms. The van der Waals surface area contributed by atoms with Crippen molar-refractivity contribution in [2.75, 3.05) is 0 Å². The first kappa shape index (κ1) is 11.1. The minimum absolute atomic E-state index is 0.116. The fourth-order valence-corrected chi connectivity index (χ4v) is 1.95. The van der Waals surface area contributed by atoms with Gasteiger partial charge in [0.25, 0.3) is 0 Å². The summed E-state index contributed by atoms with van der Waals surface area (Å²) in [4.78, 5) is 11.1. The summed E-state index contributed by atoms with van der Waals surface area (Å²) in [7, 11) is 0. The lowest BCUT2D eigenvalue weighted by Gasteiger charge is -2.29. The Balaban J connectivity index is 1.84. The largest absolute Gasteiger partial charge is 0.371 e. The third-order valence-electron chi connectivity index (χ3n) is 2.91. The summed E-state index contributed by atoms with van der Waals surface area (Å²) < 4.78 is 5.81. The van der Waals surface area contributed by atoms with E-state index < -0.39 is 0 Å². The molecule has 2 rings (SSSR count). The summed E-state index contributed by atoms with van der Waals surface area (Å²) in [5, 5.41) is 2.90. The maximum Gasteiger partial charge on any atom is 0.220 e. The van der Waals surface area contributed by atoms with Gasteiger partial charge in [0.1, 0.15) is 0 Å². The Kier molecular flexibility index (Phi) is 3.57. The Morgan fingerprint density at radius 3 is 2.81 bits per heavy atom. The fourth-order valence-electron chi connectivity index (χ4n) is 1.95. The molecule has 2 atom stereocenters. The molecule has 0 radical (unpaired) electrons. The summed E-state index contributed by atoms with van der Waals surface area (Å²) in [6.45, 7) is 2.61. The third kappa shape index (κ3) is 2.83. The van der Waals surface area contributed by atoms with E-state index >= 15 is 0 Å². The van der Waals surface area contributed by atoms with E-state index in [4.69, 9.17) is 4.74 Å². The number of hydrogen-bond acceptors (Lipinski definition) is 2. The lowest BCUT2D eigenvalue weighted by molar-refractivity contribution is -0.127. The highest BCUT2D eigenvalue weighted by atomic mass is 16.5. The van der Waals surface area contributed by atoms with E-state index in [1.165, 1.54) is 5.56 Å². The van der Waals surface area contributed by atoms with Crippen LogP contribution in [-0.2, 0) is 16.1 Å². The van der Waals surface area contributed by atoms with Crippen LogP contribution in [0.5, 0.6) is 0 Å². The summed E-state index contributed by atoms with van der Waals surface area (Å²) in [6, 6.07) is 10.2. The third-order valence-corrected chi connectivity index (χ3v) is 2.91. The van der Waals surface area contributed by atoms with Gasteiger partial charge in [-0.2, -0.15) is 0 Å². The maximum absolute atomic E-state index is 11.1. The second kappa shape index (κ2) is 5.12. The van der Waals surface area contributed by atoms with Crippen LogP contribution < -0.4 is 5.32 Å². The normalized spacial score (nSPS) is 25.2. The first-order valence-electron chi connectivity index (χ1n) is 5.70. The topological polar surface area (TPSA) is 38.3 Å². The van der Waals surface area contributed by atoms with Gasteiger partial charge in [-0.15, -0.1) is 0 Å². The van der Waals surface area contributed by atoms with Crippen molar-refractivity contribution in [3.05, 3.63) is 35.9 Å². The molecule has 1 aliphatic heterocycles. The number of rotatable bonds is 3. The highest BCUT2D eigenvalue weighted by Gasteiger charge is 2.25. The summed E-state index contributed by atoms with van der Waals surface area (Å²) in [5.74, 6) is 0.132. The molecule has 86 valence electrons. The van der Waals surface area contributed by atoms with Gasteiger partial charge in [0.05, 0.1) is 18.8 Å². The van der Waals surface area contributed by atoms with E-state index in [1.807, 2.05) is 37.3 Å². The zero-order valence-electron chi connectivity index (χ0n) is 9.48. The van der Waals surface area contributed by atoms with E-state index in [0.717, 1.165) is 6.42 Å². The molecule has 3 heteroatoms. The first-order valence-corrected chi connectivity index (χ1v) is 5.70. The monoisotopic (exact) mass is 219 g/mol. The quantitative estimate of drug-likeness (QED) is 0.842. The van der Waals surface area contributed by atoms with Crippen molar-refractivity contribution in [2.24, 2.45) is 0 Å². The van der Waals surface area contributed by atoms with Crippen molar-refractivity contribution in [3.63, 3.8) is 0 Å². The number of carbonyl (C=O) groups excluding carboxylic acids is 1. The smallest absolute Gasteiger partial charge is 0.220 e. The zero-order valence-corrected chi connectivity index (χ0v) is 9.48. The number of benzene rings is 1. The SMILES string of the molecule is C[C@H]1NC(=O)CC[C@@H]1OCc1ccccc1. The molecule has 16 heavy (non-hydrogen) atoms. The Hall–Kier alpha value is -1.35. The molecule has 1 heterocycles. The molecule has 1 aromatic rings. The van der Waals surface area contributed by atoms with Crippen molar-refractivity contribution in [1.29, 1.82) is 0 Å².